The fourth-order valence-electron chi connectivity index (χ4n) is 4.01. The zero-order valence-electron chi connectivity index (χ0n) is 18.5. The number of carbonyl (C=O) groups excluding carboxylic acids is 1. The Bertz CT molecular complexity index is 1150. The van der Waals surface area contributed by atoms with E-state index in [0.717, 1.165) is 27.4 Å². The third-order valence-electron chi connectivity index (χ3n) is 5.96. The molecule has 0 bridgehead atoms. The van der Waals surface area contributed by atoms with E-state index in [4.69, 9.17) is 10.7 Å². The highest BCUT2D eigenvalue weighted by molar-refractivity contribution is 7.10. The fraction of sp³-hybridized carbons (Fsp3) is 0.333. The average Bonchev–Trinajstić information content (AvgIpc) is 3.24. The molecule has 1 amide bonds. The van der Waals surface area contributed by atoms with Crippen molar-refractivity contribution in [3.05, 3.63) is 69.8 Å². The van der Waals surface area contributed by atoms with Gasteiger partial charge in [-0.2, -0.15) is 0 Å². The summed E-state index contributed by atoms with van der Waals surface area (Å²) in [6.07, 6.45) is 1.57. The van der Waals surface area contributed by atoms with Gasteiger partial charge in [-0.05, 0) is 43.0 Å². The van der Waals surface area contributed by atoms with Gasteiger partial charge in [0.2, 0.25) is 5.91 Å². The lowest BCUT2D eigenvalue weighted by Crippen LogP contribution is -2.52. The number of hydrogen-bond donors (Lipinski definition) is 1. The Kier molecular flexibility index (Phi) is 5.39. The number of nitrogens with two attached hydrogens (primary N) is 1. The number of carbonyl (C=O) groups is 1. The number of benzene rings is 1. The summed E-state index contributed by atoms with van der Waals surface area (Å²) in [4.78, 5) is 29.2. The van der Waals surface area contributed by atoms with Crippen molar-refractivity contribution in [1.29, 1.82) is 0 Å². The highest BCUT2D eigenvalue weighted by Crippen LogP contribution is 2.47. The molecule has 0 unspecified atom stereocenters. The van der Waals surface area contributed by atoms with Crippen molar-refractivity contribution in [1.82, 2.24) is 14.9 Å². The van der Waals surface area contributed by atoms with E-state index in [1.54, 1.807) is 24.7 Å². The van der Waals surface area contributed by atoms with E-state index in [1.165, 1.54) is 10.5 Å². The second-order valence-corrected chi connectivity index (χ2v) is 9.42. The minimum atomic E-state index is -0.808. The van der Waals surface area contributed by atoms with Crippen LogP contribution in [-0.2, 0) is 10.3 Å². The molecule has 31 heavy (non-hydrogen) atoms. The number of aryl methyl sites for hydroxylation is 1. The summed E-state index contributed by atoms with van der Waals surface area (Å²) in [6.45, 7) is 8.25. The lowest BCUT2D eigenvalue weighted by Gasteiger charge is -2.40. The van der Waals surface area contributed by atoms with Gasteiger partial charge in [0.05, 0.1) is 11.6 Å². The Labute approximate surface area is 186 Å². The fourth-order valence-corrected chi connectivity index (χ4v) is 5.05. The topological polar surface area (TPSA) is 84.5 Å². The molecule has 4 rings (SSSR count). The number of likely N-dealkylation sites (N-methyl/N-ethyl adjacent to an activating group) is 1. The number of hydrogen-bond acceptors (Lipinski definition) is 6. The van der Waals surface area contributed by atoms with Crippen molar-refractivity contribution in [2.75, 3.05) is 7.05 Å². The Balaban J connectivity index is 1.81. The highest BCUT2D eigenvalue weighted by atomic mass is 32.1. The van der Waals surface area contributed by atoms with E-state index in [0.29, 0.717) is 5.92 Å². The maximum Gasteiger partial charge on any atom is 0.239 e. The SMILES string of the molecule is Cc1cc(-c2csc([C@@]3(C)N=C(N)N(C)C(=O)[C@@H]3c3ccc(C(C)C)cc3)c2)ncn1. The molecular formula is C24H27N5OS. The molecule has 1 aliphatic heterocycles. The van der Waals surface area contributed by atoms with Crippen molar-refractivity contribution < 1.29 is 4.79 Å². The number of nitrogens with zero attached hydrogens (tertiary/aromatic N) is 4. The molecule has 2 aromatic heterocycles. The van der Waals surface area contributed by atoms with Crippen LogP contribution < -0.4 is 5.73 Å². The van der Waals surface area contributed by atoms with Crippen molar-refractivity contribution in [3.8, 4) is 11.3 Å². The van der Waals surface area contributed by atoms with Crippen LogP contribution in [0.15, 0.2) is 53.1 Å². The molecule has 7 heteroatoms. The van der Waals surface area contributed by atoms with E-state index < -0.39 is 11.5 Å². The molecule has 3 heterocycles. The Morgan fingerprint density at radius 1 is 1.16 bits per heavy atom. The van der Waals surface area contributed by atoms with E-state index in [2.05, 4.69) is 47.4 Å². The van der Waals surface area contributed by atoms with Crippen LogP contribution in [0.1, 0.15) is 54.3 Å². The number of amides is 1. The van der Waals surface area contributed by atoms with Crippen LogP contribution in [0.2, 0.25) is 0 Å². The van der Waals surface area contributed by atoms with E-state index in [9.17, 15) is 4.79 Å². The number of rotatable bonds is 4. The van der Waals surface area contributed by atoms with Gasteiger partial charge in [-0.25, -0.2) is 15.0 Å². The zero-order valence-corrected chi connectivity index (χ0v) is 19.3. The van der Waals surface area contributed by atoms with E-state index in [-0.39, 0.29) is 11.9 Å². The summed E-state index contributed by atoms with van der Waals surface area (Å²) < 4.78 is 0. The van der Waals surface area contributed by atoms with Gasteiger partial charge >= 0.3 is 0 Å². The molecule has 0 radical (unpaired) electrons. The molecular weight excluding hydrogens is 406 g/mol. The second kappa shape index (κ2) is 7.89. The van der Waals surface area contributed by atoms with Crippen LogP contribution in [0.25, 0.3) is 11.3 Å². The Morgan fingerprint density at radius 2 is 1.87 bits per heavy atom. The van der Waals surface area contributed by atoms with Gasteiger partial charge in [0.25, 0.3) is 0 Å². The summed E-state index contributed by atoms with van der Waals surface area (Å²) >= 11 is 1.57. The van der Waals surface area contributed by atoms with Crippen molar-refractivity contribution in [3.63, 3.8) is 0 Å². The third-order valence-corrected chi connectivity index (χ3v) is 7.12. The molecule has 2 atom stereocenters. The molecule has 160 valence electrons. The predicted octanol–water partition coefficient (Wildman–Crippen LogP) is 4.42. The first-order chi connectivity index (χ1) is 14.7. The highest BCUT2D eigenvalue weighted by Gasteiger charge is 2.48. The normalized spacial score (nSPS) is 21.5. The third kappa shape index (κ3) is 3.74. The van der Waals surface area contributed by atoms with Gasteiger partial charge in [-0.1, -0.05) is 38.1 Å². The van der Waals surface area contributed by atoms with Gasteiger partial charge < -0.3 is 5.73 Å². The second-order valence-electron chi connectivity index (χ2n) is 8.51. The maximum atomic E-state index is 13.4. The van der Waals surface area contributed by atoms with Crippen LogP contribution in [-0.4, -0.2) is 33.8 Å². The van der Waals surface area contributed by atoms with E-state index in [1.807, 2.05) is 32.0 Å². The summed E-state index contributed by atoms with van der Waals surface area (Å²) in [5, 5.41) is 2.05. The molecule has 1 aliphatic rings. The summed E-state index contributed by atoms with van der Waals surface area (Å²) in [7, 11) is 1.68. The standard InChI is InChI=1S/C24H27N5OS/c1-14(2)16-6-8-17(9-7-16)21-22(30)29(5)23(25)28-24(21,4)20-11-18(12-31-20)19-10-15(3)26-13-27-19/h6-14,21H,1-5H3,(H2,25,28)/t21-,24+/m0/s1. The van der Waals surface area contributed by atoms with Crippen LogP contribution >= 0.6 is 11.3 Å². The van der Waals surface area contributed by atoms with Crippen LogP contribution in [0, 0.1) is 6.92 Å². The first-order valence-electron chi connectivity index (χ1n) is 10.3. The van der Waals surface area contributed by atoms with Gasteiger partial charge in [-0.15, -0.1) is 11.3 Å². The van der Waals surface area contributed by atoms with Crippen molar-refractivity contribution in [2.24, 2.45) is 10.7 Å². The lowest BCUT2D eigenvalue weighted by atomic mass is 9.77. The number of guanidine groups is 1. The molecule has 6 nitrogen and oxygen atoms in total. The van der Waals surface area contributed by atoms with Gasteiger partial charge in [0.15, 0.2) is 5.96 Å². The van der Waals surface area contributed by atoms with Crippen LogP contribution in [0.5, 0.6) is 0 Å². The Morgan fingerprint density at radius 3 is 2.52 bits per heavy atom. The molecule has 0 fully saturated rings. The minimum Gasteiger partial charge on any atom is -0.369 e. The summed E-state index contributed by atoms with van der Waals surface area (Å²) in [6, 6.07) is 12.3. The van der Waals surface area contributed by atoms with Gasteiger partial charge in [0.1, 0.15) is 11.9 Å². The van der Waals surface area contributed by atoms with Crippen LogP contribution in [0.3, 0.4) is 0 Å². The molecule has 0 saturated carbocycles. The minimum absolute atomic E-state index is 0.0554. The zero-order chi connectivity index (χ0) is 22.3. The van der Waals surface area contributed by atoms with Crippen molar-refractivity contribution in [2.45, 2.75) is 45.1 Å². The number of aromatic nitrogens is 2. The molecule has 0 aliphatic carbocycles. The molecule has 1 aromatic carbocycles. The monoisotopic (exact) mass is 433 g/mol. The lowest BCUT2D eigenvalue weighted by molar-refractivity contribution is -0.130. The summed E-state index contributed by atoms with van der Waals surface area (Å²) in [5.41, 5.74) is 10.3. The molecule has 0 spiro atoms. The maximum absolute atomic E-state index is 13.4. The largest absolute Gasteiger partial charge is 0.369 e. The molecule has 2 N–H and O–H groups in total. The summed E-state index contributed by atoms with van der Waals surface area (Å²) in [5.74, 6) is 0.134. The first kappa shape index (κ1) is 21.2. The average molecular weight is 434 g/mol. The predicted molar refractivity (Wildman–Crippen MR) is 125 cm³/mol. The number of thiophene rings is 1. The van der Waals surface area contributed by atoms with Gasteiger partial charge in [-0.3, -0.25) is 9.69 Å². The number of aliphatic imine (C=N–C) groups is 1. The molecule has 3 aromatic rings. The molecule has 0 saturated heterocycles. The van der Waals surface area contributed by atoms with Crippen LogP contribution in [0.4, 0.5) is 0 Å². The Hall–Kier alpha value is -3.06. The van der Waals surface area contributed by atoms with E-state index >= 15 is 0 Å². The first-order valence-corrected chi connectivity index (χ1v) is 11.2. The van der Waals surface area contributed by atoms with Gasteiger partial charge in [0, 0.05) is 28.6 Å². The van der Waals surface area contributed by atoms with Crippen molar-refractivity contribution >= 4 is 23.2 Å². The quantitative estimate of drug-likeness (QED) is 0.660. The smallest absolute Gasteiger partial charge is 0.239 e.